The summed E-state index contributed by atoms with van der Waals surface area (Å²) in [6.07, 6.45) is -3.29. The van der Waals surface area contributed by atoms with Crippen molar-refractivity contribution in [3.63, 3.8) is 0 Å². The Hall–Kier alpha value is -0.910. The topological polar surface area (TPSA) is 30.2 Å². The first kappa shape index (κ1) is 11.2. The fraction of sp³-hybridized carbons (Fsp3) is 0.375. The van der Waals surface area contributed by atoms with Gasteiger partial charge in [-0.2, -0.15) is 13.2 Å². The Labute approximate surface area is 82.5 Å². The number of carbonyl (C=O) groups excluding carboxylic acids is 1. The number of rotatable bonds is 4. The van der Waals surface area contributed by atoms with E-state index in [2.05, 4.69) is 0 Å². The lowest BCUT2D eigenvalue weighted by molar-refractivity contribution is -0.167. The predicted molar refractivity (Wildman–Crippen MR) is 45.9 cm³/mol. The molecule has 2 nitrogen and oxygen atoms in total. The molecule has 0 spiro atoms. The van der Waals surface area contributed by atoms with Gasteiger partial charge in [-0.15, -0.1) is 11.8 Å². The van der Waals surface area contributed by atoms with Gasteiger partial charge in [0, 0.05) is 0 Å². The number of hydrogen-bond acceptors (Lipinski definition) is 3. The molecule has 0 fully saturated rings. The molecule has 0 atom stereocenters. The number of Topliss-reactive ketones (excluding diaryl/α,β-unsaturated/α-hetero) is 1. The smallest absolute Gasteiger partial charge is 0.450 e. The fourth-order valence-electron chi connectivity index (χ4n) is 0.721. The number of furan rings is 1. The van der Waals surface area contributed by atoms with E-state index in [1.165, 1.54) is 6.26 Å². The quantitative estimate of drug-likeness (QED) is 0.787. The Kier molecular flexibility index (Phi) is 3.62. The molecule has 1 heterocycles. The van der Waals surface area contributed by atoms with Crippen molar-refractivity contribution in [2.45, 2.75) is 11.9 Å². The standard InChI is InChI=1S/C8H7F3O2S/c9-8(10,11)7(12)5-14-4-6-2-1-3-13-6/h1-3H,4-5H2. The monoisotopic (exact) mass is 224 g/mol. The third-order valence-corrected chi connectivity index (χ3v) is 2.33. The number of carbonyl (C=O) groups is 1. The number of ketones is 1. The Morgan fingerprint density at radius 1 is 1.50 bits per heavy atom. The zero-order chi connectivity index (χ0) is 10.6. The average molecular weight is 224 g/mol. The second kappa shape index (κ2) is 4.54. The van der Waals surface area contributed by atoms with E-state index in [0.717, 1.165) is 11.8 Å². The van der Waals surface area contributed by atoms with Crippen molar-refractivity contribution >= 4 is 17.5 Å². The molecule has 0 aliphatic rings. The summed E-state index contributed by atoms with van der Waals surface area (Å²) < 4.78 is 40.1. The van der Waals surface area contributed by atoms with Crippen molar-refractivity contribution < 1.29 is 22.4 Å². The Morgan fingerprint density at radius 2 is 2.21 bits per heavy atom. The first-order chi connectivity index (χ1) is 6.50. The summed E-state index contributed by atoms with van der Waals surface area (Å²) >= 11 is 0.883. The van der Waals surface area contributed by atoms with Crippen LogP contribution < -0.4 is 0 Å². The van der Waals surface area contributed by atoms with Gasteiger partial charge < -0.3 is 4.42 Å². The van der Waals surface area contributed by atoms with Crippen LogP contribution in [0, 0.1) is 0 Å². The van der Waals surface area contributed by atoms with Gasteiger partial charge in [0.05, 0.1) is 17.8 Å². The lowest BCUT2D eigenvalue weighted by Crippen LogP contribution is -2.24. The van der Waals surface area contributed by atoms with Gasteiger partial charge in [0.1, 0.15) is 5.76 Å². The lowest BCUT2D eigenvalue weighted by atomic mass is 10.4. The second-order valence-electron chi connectivity index (χ2n) is 2.49. The number of hydrogen-bond donors (Lipinski definition) is 0. The summed E-state index contributed by atoms with van der Waals surface area (Å²) in [4.78, 5) is 10.4. The number of halogens is 3. The van der Waals surface area contributed by atoms with Crippen molar-refractivity contribution in [2.24, 2.45) is 0 Å². The molecule has 0 aliphatic carbocycles. The molecule has 0 unspecified atom stereocenters. The highest BCUT2D eigenvalue weighted by Gasteiger charge is 2.37. The first-order valence-corrected chi connectivity index (χ1v) is 4.86. The SMILES string of the molecule is O=C(CSCc1ccco1)C(F)(F)F. The first-order valence-electron chi connectivity index (χ1n) is 3.70. The van der Waals surface area contributed by atoms with Gasteiger partial charge in [-0.3, -0.25) is 4.79 Å². The maximum atomic E-state index is 11.7. The van der Waals surface area contributed by atoms with Crippen LogP contribution in [0.5, 0.6) is 0 Å². The van der Waals surface area contributed by atoms with E-state index < -0.39 is 17.7 Å². The third kappa shape index (κ3) is 3.45. The van der Waals surface area contributed by atoms with E-state index in [9.17, 15) is 18.0 Å². The zero-order valence-corrected chi connectivity index (χ0v) is 7.82. The molecule has 6 heteroatoms. The van der Waals surface area contributed by atoms with E-state index in [4.69, 9.17) is 4.42 Å². The Bertz CT molecular complexity index is 292. The van der Waals surface area contributed by atoms with E-state index in [1.807, 2.05) is 0 Å². The van der Waals surface area contributed by atoms with E-state index in [-0.39, 0.29) is 5.75 Å². The summed E-state index contributed by atoms with van der Waals surface area (Å²) in [5, 5.41) is 0. The molecule has 0 N–H and O–H groups in total. The molecule has 0 saturated carbocycles. The minimum Gasteiger partial charge on any atom is -0.468 e. The highest BCUT2D eigenvalue weighted by Crippen LogP contribution is 2.20. The summed E-state index contributed by atoms with van der Waals surface area (Å²) in [7, 11) is 0. The lowest BCUT2D eigenvalue weighted by Gasteiger charge is -2.03. The van der Waals surface area contributed by atoms with Crippen LogP contribution in [0.2, 0.25) is 0 Å². The largest absolute Gasteiger partial charge is 0.468 e. The normalized spacial score (nSPS) is 11.6. The average Bonchev–Trinajstić information content (AvgIpc) is 2.55. The van der Waals surface area contributed by atoms with Gasteiger partial charge in [-0.1, -0.05) is 0 Å². The van der Waals surface area contributed by atoms with Crippen LogP contribution in [0.4, 0.5) is 13.2 Å². The van der Waals surface area contributed by atoms with Gasteiger partial charge in [0.2, 0.25) is 5.78 Å². The van der Waals surface area contributed by atoms with Crippen molar-refractivity contribution in [3.8, 4) is 0 Å². The highest BCUT2D eigenvalue weighted by atomic mass is 32.2. The summed E-state index contributed by atoms with van der Waals surface area (Å²) in [5.74, 6) is -1.45. The van der Waals surface area contributed by atoms with Crippen LogP contribution in [-0.4, -0.2) is 17.7 Å². The van der Waals surface area contributed by atoms with Crippen LogP contribution in [0.1, 0.15) is 5.76 Å². The molecule has 1 rings (SSSR count). The molecule has 0 aromatic carbocycles. The zero-order valence-electron chi connectivity index (χ0n) is 7.00. The van der Waals surface area contributed by atoms with Crippen molar-refractivity contribution in [1.29, 1.82) is 0 Å². The van der Waals surface area contributed by atoms with E-state index in [0.29, 0.717) is 5.76 Å². The molecule has 0 radical (unpaired) electrons. The fourth-order valence-corrected chi connectivity index (χ4v) is 1.54. The van der Waals surface area contributed by atoms with Gasteiger partial charge in [-0.05, 0) is 12.1 Å². The maximum absolute atomic E-state index is 11.7. The summed E-state index contributed by atoms with van der Waals surface area (Å²) in [6.45, 7) is 0. The van der Waals surface area contributed by atoms with Gasteiger partial charge in [0.15, 0.2) is 0 Å². The van der Waals surface area contributed by atoms with E-state index in [1.54, 1.807) is 12.1 Å². The van der Waals surface area contributed by atoms with Crippen LogP contribution in [0.15, 0.2) is 22.8 Å². The third-order valence-electron chi connectivity index (χ3n) is 1.37. The van der Waals surface area contributed by atoms with Crippen LogP contribution in [0.25, 0.3) is 0 Å². The summed E-state index contributed by atoms with van der Waals surface area (Å²) in [6, 6.07) is 3.28. The van der Waals surface area contributed by atoms with Crippen molar-refractivity contribution in [3.05, 3.63) is 24.2 Å². The van der Waals surface area contributed by atoms with E-state index >= 15 is 0 Å². The molecule has 1 aromatic heterocycles. The Morgan fingerprint density at radius 3 is 2.71 bits per heavy atom. The van der Waals surface area contributed by atoms with Crippen LogP contribution in [0.3, 0.4) is 0 Å². The number of thioether (sulfide) groups is 1. The predicted octanol–water partition coefficient (Wildman–Crippen LogP) is 2.64. The second-order valence-corrected chi connectivity index (χ2v) is 3.48. The molecule has 78 valence electrons. The van der Waals surface area contributed by atoms with Crippen molar-refractivity contribution in [1.82, 2.24) is 0 Å². The number of alkyl halides is 3. The van der Waals surface area contributed by atoms with Crippen molar-refractivity contribution in [2.75, 3.05) is 5.75 Å². The minimum absolute atomic E-state index is 0.273. The van der Waals surface area contributed by atoms with Gasteiger partial charge in [-0.25, -0.2) is 0 Å². The molecular weight excluding hydrogens is 217 g/mol. The molecular formula is C8H7F3O2S. The molecule has 0 aliphatic heterocycles. The maximum Gasteiger partial charge on any atom is 0.450 e. The van der Waals surface area contributed by atoms with Crippen LogP contribution >= 0.6 is 11.8 Å². The van der Waals surface area contributed by atoms with Gasteiger partial charge >= 0.3 is 6.18 Å². The molecule has 14 heavy (non-hydrogen) atoms. The summed E-state index contributed by atoms with van der Waals surface area (Å²) in [5.41, 5.74) is 0. The molecule has 0 bridgehead atoms. The molecule has 1 aromatic rings. The highest BCUT2D eigenvalue weighted by molar-refractivity contribution is 7.99. The molecule has 0 amide bonds. The van der Waals surface area contributed by atoms with Crippen LogP contribution in [-0.2, 0) is 10.5 Å². The van der Waals surface area contributed by atoms with Gasteiger partial charge in [0.25, 0.3) is 0 Å². The minimum atomic E-state index is -4.73. The molecule has 0 saturated heterocycles. The Balaban J connectivity index is 2.26.